The number of hydrogen-bond donors (Lipinski definition) is 0. The van der Waals surface area contributed by atoms with Gasteiger partial charge in [-0.25, -0.2) is 0 Å². The lowest BCUT2D eigenvalue weighted by Crippen LogP contribution is -2.44. The number of para-hydroxylation sites is 1. The molecule has 1 fully saturated rings. The third-order valence-electron chi connectivity index (χ3n) is 5.04. The predicted molar refractivity (Wildman–Crippen MR) is 119 cm³/mol. The first-order valence-corrected chi connectivity index (χ1v) is 11.1. The van der Waals surface area contributed by atoms with E-state index in [0.29, 0.717) is 36.5 Å². The molecule has 1 amide bonds. The van der Waals surface area contributed by atoms with Crippen molar-refractivity contribution < 1.29 is 9.53 Å². The molecular formula is C22H23ClN4O2S. The van der Waals surface area contributed by atoms with E-state index in [1.165, 1.54) is 11.8 Å². The number of aryl methyl sites for hydroxylation is 1. The number of carbonyl (C=O) groups is 1. The van der Waals surface area contributed by atoms with Gasteiger partial charge in [-0.05, 0) is 49.7 Å². The van der Waals surface area contributed by atoms with Crippen LogP contribution in [0.5, 0.6) is 0 Å². The van der Waals surface area contributed by atoms with Gasteiger partial charge in [-0.1, -0.05) is 41.6 Å². The summed E-state index contributed by atoms with van der Waals surface area (Å²) < 4.78 is 7.38. The molecule has 8 heteroatoms. The van der Waals surface area contributed by atoms with E-state index in [2.05, 4.69) is 23.2 Å². The smallest absolute Gasteiger partial charge is 0.236 e. The zero-order valence-corrected chi connectivity index (χ0v) is 18.5. The number of benzene rings is 2. The fourth-order valence-electron chi connectivity index (χ4n) is 3.41. The third kappa shape index (κ3) is 4.38. The molecule has 1 unspecified atom stereocenters. The minimum Gasteiger partial charge on any atom is -0.378 e. The number of ether oxygens (including phenoxy) is 1. The normalized spacial score (nSPS) is 15.2. The van der Waals surface area contributed by atoms with Gasteiger partial charge in [0.05, 0.1) is 24.2 Å². The molecule has 0 radical (unpaired) electrons. The van der Waals surface area contributed by atoms with Crippen molar-refractivity contribution in [3.63, 3.8) is 0 Å². The highest BCUT2D eigenvalue weighted by Crippen LogP contribution is 2.32. The van der Waals surface area contributed by atoms with Crippen LogP contribution in [0.2, 0.25) is 5.02 Å². The van der Waals surface area contributed by atoms with E-state index >= 15 is 0 Å². The van der Waals surface area contributed by atoms with Crippen molar-refractivity contribution in [3.8, 4) is 17.1 Å². The van der Waals surface area contributed by atoms with Crippen molar-refractivity contribution in [1.82, 2.24) is 19.7 Å². The van der Waals surface area contributed by atoms with Crippen LogP contribution >= 0.6 is 23.4 Å². The standard InChI is InChI=1S/C22H23ClN4O2S/c1-15-5-3-4-6-19(15)27-20(17-7-9-18(23)10-8-17)24-25-22(27)30-16(2)21(28)26-11-13-29-14-12-26/h3-10,16H,11-14H2,1-2H3. The van der Waals surface area contributed by atoms with Crippen LogP contribution in [0.3, 0.4) is 0 Å². The van der Waals surface area contributed by atoms with Gasteiger partial charge in [0.2, 0.25) is 5.91 Å². The first-order chi connectivity index (χ1) is 14.5. The molecule has 1 aromatic heterocycles. The van der Waals surface area contributed by atoms with E-state index in [4.69, 9.17) is 16.3 Å². The maximum absolute atomic E-state index is 12.9. The summed E-state index contributed by atoms with van der Waals surface area (Å²) in [6, 6.07) is 15.6. The summed E-state index contributed by atoms with van der Waals surface area (Å²) in [6.45, 7) is 6.40. The number of hydrogen-bond acceptors (Lipinski definition) is 5. The number of amides is 1. The Morgan fingerprint density at radius 1 is 1.10 bits per heavy atom. The number of morpholine rings is 1. The molecule has 1 atom stereocenters. The molecule has 0 spiro atoms. The fourth-order valence-corrected chi connectivity index (χ4v) is 4.48. The zero-order valence-electron chi connectivity index (χ0n) is 16.9. The largest absolute Gasteiger partial charge is 0.378 e. The van der Waals surface area contributed by atoms with Gasteiger partial charge >= 0.3 is 0 Å². The molecule has 3 aromatic rings. The molecule has 1 aliphatic heterocycles. The number of rotatable bonds is 5. The molecule has 2 heterocycles. The van der Waals surface area contributed by atoms with Crippen molar-refractivity contribution in [2.45, 2.75) is 24.3 Å². The fraction of sp³-hybridized carbons (Fsp3) is 0.318. The van der Waals surface area contributed by atoms with Gasteiger partial charge in [0.1, 0.15) is 0 Å². The van der Waals surface area contributed by atoms with E-state index in [-0.39, 0.29) is 11.2 Å². The monoisotopic (exact) mass is 442 g/mol. The summed E-state index contributed by atoms with van der Waals surface area (Å²) in [5.41, 5.74) is 3.00. The average Bonchev–Trinajstić information content (AvgIpc) is 3.18. The molecule has 0 bridgehead atoms. The van der Waals surface area contributed by atoms with Gasteiger partial charge in [0.25, 0.3) is 0 Å². The Bertz CT molecular complexity index is 1030. The molecule has 2 aromatic carbocycles. The van der Waals surface area contributed by atoms with Crippen LogP contribution in [-0.4, -0.2) is 57.1 Å². The van der Waals surface area contributed by atoms with Crippen molar-refractivity contribution in [2.75, 3.05) is 26.3 Å². The van der Waals surface area contributed by atoms with Gasteiger partial charge in [0, 0.05) is 23.7 Å². The Kier molecular flexibility index (Phi) is 6.41. The van der Waals surface area contributed by atoms with Gasteiger partial charge in [-0.3, -0.25) is 9.36 Å². The maximum atomic E-state index is 12.9. The summed E-state index contributed by atoms with van der Waals surface area (Å²) in [6.07, 6.45) is 0. The SMILES string of the molecule is Cc1ccccc1-n1c(SC(C)C(=O)N2CCOCC2)nnc1-c1ccc(Cl)cc1. The van der Waals surface area contributed by atoms with E-state index in [9.17, 15) is 4.79 Å². The summed E-state index contributed by atoms with van der Waals surface area (Å²) in [5.74, 6) is 0.810. The topological polar surface area (TPSA) is 60.2 Å². The quantitative estimate of drug-likeness (QED) is 0.553. The number of halogens is 1. The number of aromatic nitrogens is 3. The lowest BCUT2D eigenvalue weighted by molar-refractivity contribution is -0.134. The van der Waals surface area contributed by atoms with Crippen molar-refractivity contribution >= 4 is 29.3 Å². The van der Waals surface area contributed by atoms with Crippen molar-refractivity contribution in [3.05, 3.63) is 59.1 Å². The molecule has 0 N–H and O–H groups in total. The average molecular weight is 443 g/mol. The molecule has 1 aliphatic rings. The Balaban J connectivity index is 1.70. The van der Waals surface area contributed by atoms with Gasteiger partial charge < -0.3 is 9.64 Å². The lowest BCUT2D eigenvalue weighted by Gasteiger charge is -2.29. The molecule has 0 aliphatic carbocycles. The van der Waals surface area contributed by atoms with E-state index in [1.54, 1.807) is 0 Å². The Labute approximate surface area is 185 Å². The van der Waals surface area contributed by atoms with Crippen LogP contribution in [-0.2, 0) is 9.53 Å². The van der Waals surface area contributed by atoms with E-state index < -0.39 is 0 Å². The zero-order chi connectivity index (χ0) is 21.1. The molecule has 4 rings (SSSR count). The molecular weight excluding hydrogens is 420 g/mol. The summed E-state index contributed by atoms with van der Waals surface area (Å²) in [5, 5.41) is 9.98. The number of carbonyl (C=O) groups excluding carboxylic acids is 1. The summed E-state index contributed by atoms with van der Waals surface area (Å²) in [7, 11) is 0. The highest BCUT2D eigenvalue weighted by Gasteiger charge is 2.26. The summed E-state index contributed by atoms with van der Waals surface area (Å²) >= 11 is 7.49. The van der Waals surface area contributed by atoms with Crippen molar-refractivity contribution in [2.24, 2.45) is 0 Å². The lowest BCUT2D eigenvalue weighted by atomic mass is 10.1. The summed E-state index contributed by atoms with van der Waals surface area (Å²) in [4.78, 5) is 14.8. The van der Waals surface area contributed by atoms with Gasteiger partial charge in [-0.2, -0.15) is 0 Å². The molecule has 0 saturated carbocycles. The Morgan fingerprint density at radius 2 is 1.80 bits per heavy atom. The minimum atomic E-state index is -0.284. The van der Waals surface area contributed by atoms with Gasteiger partial charge in [-0.15, -0.1) is 10.2 Å². The van der Waals surface area contributed by atoms with E-state index in [0.717, 1.165) is 22.6 Å². The second kappa shape index (κ2) is 9.20. The van der Waals surface area contributed by atoms with Crippen LogP contribution in [0.25, 0.3) is 17.1 Å². The molecule has 6 nitrogen and oxygen atoms in total. The Hall–Kier alpha value is -2.35. The van der Waals surface area contributed by atoms with Crippen molar-refractivity contribution in [1.29, 1.82) is 0 Å². The minimum absolute atomic E-state index is 0.0932. The first-order valence-electron chi connectivity index (χ1n) is 9.85. The highest BCUT2D eigenvalue weighted by atomic mass is 35.5. The predicted octanol–water partition coefficient (Wildman–Crippen LogP) is 4.24. The van der Waals surface area contributed by atoms with E-state index in [1.807, 2.05) is 58.9 Å². The van der Waals surface area contributed by atoms with Crippen LogP contribution < -0.4 is 0 Å². The maximum Gasteiger partial charge on any atom is 0.236 e. The number of nitrogens with zero attached hydrogens (tertiary/aromatic N) is 4. The van der Waals surface area contributed by atoms with Crippen LogP contribution in [0, 0.1) is 6.92 Å². The second-order valence-electron chi connectivity index (χ2n) is 7.13. The molecule has 156 valence electrons. The van der Waals surface area contributed by atoms with Crippen LogP contribution in [0.1, 0.15) is 12.5 Å². The number of thioether (sulfide) groups is 1. The second-order valence-corrected chi connectivity index (χ2v) is 8.88. The van der Waals surface area contributed by atoms with Crippen LogP contribution in [0.15, 0.2) is 53.7 Å². The highest BCUT2D eigenvalue weighted by molar-refractivity contribution is 8.00. The van der Waals surface area contributed by atoms with Crippen LogP contribution in [0.4, 0.5) is 0 Å². The van der Waals surface area contributed by atoms with Gasteiger partial charge in [0.15, 0.2) is 11.0 Å². The molecule has 1 saturated heterocycles. The first kappa shape index (κ1) is 20.9. The molecule has 30 heavy (non-hydrogen) atoms. The Morgan fingerprint density at radius 3 is 2.50 bits per heavy atom. The third-order valence-corrected chi connectivity index (χ3v) is 6.33.